The molecule has 0 rings (SSSR count). The van der Waals surface area contributed by atoms with Gasteiger partial charge in [-0.05, 0) is 13.1 Å². The van der Waals surface area contributed by atoms with E-state index in [0.29, 0.717) is 0 Å². The minimum Gasteiger partial charge on any atom is -0.519 e. The summed E-state index contributed by atoms with van der Waals surface area (Å²) < 4.78 is 4.75. The lowest BCUT2D eigenvalue weighted by atomic mass is 10.5. The summed E-state index contributed by atoms with van der Waals surface area (Å²) in [4.78, 5) is 20.5. The van der Waals surface area contributed by atoms with E-state index in [0.717, 1.165) is 12.2 Å². The van der Waals surface area contributed by atoms with Gasteiger partial charge in [-0.2, -0.15) is 0 Å². The van der Waals surface area contributed by atoms with Crippen LogP contribution in [0.25, 0.3) is 0 Å². The number of carbonyl (C=O) groups is 2. The third-order valence-electron chi connectivity index (χ3n) is 0.714. The average Bonchev–Trinajstić information content (AvgIpc) is 1.82. The van der Waals surface area contributed by atoms with Crippen LogP contribution < -0.4 is 0 Å². The monoisotopic (exact) mass is 174 g/mol. The maximum Gasteiger partial charge on any atom is 0.328 e. The Bertz CT molecular complexity index is 185. The summed E-state index contributed by atoms with van der Waals surface area (Å²) in [7, 11) is -1.39. The molecule has 4 nitrogen and oxygen atoms in total. The fraction of sp³-hybridized carbons (Fsp3) is 0.333. The number of carboxylic acids is 1. The highest BCUT2D eigenvalue weighted by Crippen LogP contribution is 1.86. The van der Waals surface area contributed by atoms with Crippen molar-refractivity contribution in [2.45, 2.75) is 13.1 Å². The van der Waals surface area contributed by atoms with Gasteiger partial charge in [0.15, 0.2) is 0 Å². The number of carboxylic acid groups (broad SMARTS) is 1. The van der Waals surface area contributed by atoms with Crippen molar-refractivity contribution in [1.82, 2.24) is 0 Å². The number of hydrogen-bond acceptors (Lipinski definition) is 3. The third kappa shape index (κ3) is 6.79. The minimum atomic E-state index is -1.39. The summed E-state index contributed by atoms with van der Waals surface area (Å²) >= 11 is 0. The molecule has 5 heteroatoms. The average molecular weight is 174 g/mol. The fourth-order valence-electron chi connectivity index (χ4n) is 0.411. The molecule has 0 bridgehead atoms. The quantitative estimate of drug-likeness (QED) is 0.489. The SMILES string of the molecule is C[SiH](C)OC(=O)/C=C\C(=O)O. The van der Waals surface area contributed by atoms with E-state index < -0.39 is 21.0 Å². The first-order chi connectivity index (χ1) is 5.02. The van der Waals surface area contributed by atoms with Crippen LogP contribution in [-0.4, -0.2) is 26.1 Å². The normalized spacial score (nSPS) is 10.5. The predicted octanol–water partition coefficient (Wildman–Crippen LogP) is 0.154. The van der Waals surface area contributed by atoms with Crippen molar-refractivity contribution in [1.29, 1.82) is 0 Å². The zero-order chi connectivity index (χ0) is 8.85. The summed E-state index contributed by atoms with van der Waals surface area (Å²) in [6.07, 6.45) is 1.68. The lowest BCUT2D eigenvalue weighted by molar-refractivity contribution is -0.133. The Morgan fingerprint density at radius 2 is 1.91 bits per heavy atom. The van der Waals surface area contributed by atoms with Gasteiger partial charge in [-0.15, -0.1) is 0 Å². The first kappa shape index (κ1) is 9.90. The Morgan fingerprint density at radius 1 is 1.36 bits per heavy atom. The molecule has 0 aromatic carbocycles. The highest BCUT2D eigenvalue weighted by molar-refractivity contribution is 6.50. The standard InChI is InChI=1S/C6H10O4Si/c1-11(2)10-6(9)4-3-5(7)8/h3-4,11H,1-2H3,(H,7,8)/b4-3-. The van der Waals surface area contributed by atoms with Crippen molar-refractivity contribution in [3.63, 3.8) is 0 Å². The van der Waals surface area contributed by atoms with E-state index in [1.54, 1.807) is 0 Å². The van der Waals surface area contributed by atoms with Crippen molar-refractivity contribution in [2.75, 3.05) is 0 Å². The van der Waals surface area contributed by atoms with Crippen molar-refractivity contribution < 1.29 is 19.1 Å². The molecule has 1 N–H and O–H groups in total. The van der Waals surface area contributed by atoms with Gasteiger partial charge < -0.3 is 9.53 Å². The topological polar surface area (TPSA) is 63.6 Å². The molecular formula is C6H10O4Si. The molecule has 0 heterocycles. The highest BCUT2D eigenvalue weighted by Gasteiger charge is 2.01. The van der Waals surface area contributed by atoms with E-state index in [2.05, 4.69) is 0 Å². The largest absolute Gasteiger partial charge is 0.519 e. The van der Waals surface area contributed by atoms with E-state index in [4.69, 9.17) is 9.53 Å². The van der Waals surface area contributed by atoms with Gasteiger partial charge in [-0.3, -0.25) is 0 Å². The van der Waals surface area contributed by atoms with Gasteiger partial charge in [-0.25, -0.2) is 9.59 Å². The summed E-state index contributed by atoms with van der Waals surface area (Å²) in [5.74, 6) is -1.72. The van der Waals surface area contributed by atoms with Crippen LogP contribution in [0.2, 0.25) is 13.1 Å². The van der Waals surface area contributed by atoms with E-state index >= 15 is 0 Å². The third-order valence-corrected chi connectivity index (χ3v) is 1.42. The maximum absolute atomic E-state index is 10.6. The second kappa shape index (κ2) is 4.67. The molecule has 0 saturated carbocycles. The zero-order valence-electron chi connectivity index (χ0n) is 6.40. The van der Waals surface area contributed by atoms with Crippen LogP contribution in [0.5, 0.6) is 0 Å². The number of aliphatic carboxylic acids is 1. The molecule has 0 fully saturated rings. The molecule has 0 aliphatic carbocycles. The van der Waals surface area contributed by atoms with Crippen LogP contribution in [-0.2, 0) is 14.0 Å². The van der Waals surface area contributed by atoms with Crippen LogP contribution in [0.1, 0.15) is 0 Å². The van der Waals surface area contributed by atoms with Crippen LogP contribution in [0.15, 0.2) is 12.2 Å². The van der Waals surface area contributed by atoms with Gasteiger partial charge >= 0.3 is 11.9 Å². The van der Waals surface area contributed by atoms with Crippen molar-refractivity contribution >= 4 is 21.0 Å². The van der Waals surface area contributed by atoms with Gasteiger partial charge in [0.1, 0.15) is 0 Å². The molecule has 11 heavy (non-hydrogen) atoms. The number of rotatable bonds is 3. The second-order valence-corrected chi connectivity index (χ2v) is 4.49. The molecule has 0 aliphatic rings. The van der Waals surface area contributed by atoms with Crippen LogP contribution in [0.4, 0.5) is 0 Å². The molecule has 0 atom stereocenters. The van der Waals surface area contributed by atoms with Crippen molar-refractivity contribution in [3.8, 4) is 0 Å². The zero-order valence-corrected chi connectivity index (χ0v) is 7.56. The van der Waals surface area contributed by atoms with Crippen molar-refractivity contribution in [2.24, 2.45) is 0 Å². The predicted molar refractivity (Wildman–Crippen MR) is 41.7 cm³/mol. The highest BCUT2D eigenvalue weighted by atomic mass is 28.3. The Kier molecular flexibility index (Phi) is 4.20. The molecule has 0 saturated heterocycles. The van der Waals surface area contributed by atoms with Gasteiger partial charge in [0.05, 0.1) is 0 Å². The summed E-state index contributed by atoms with van der Waals surface area (Å²) in [5, 5.41) is 8.11. The van der Waals surface area contributed by atoms with Gasteiger partial charge in [-0.1, -0.05) is 0 Å². The molecule has 0 aliphatic heterocycles. The fourth-order valence-corrected chi connectivity index (χ4v) is 0.954. The minimum absolute atomic E-state index is 0.575. The van der Waals surface area contributed by atoms with E-state index in [-0.39, 0.29) is 0 Å². The lowest BCUT2D eigenvalue weighted by Crippen LogP contribution is -2.12. The van der Waals surface area contributed by atoms with Crippen molar-refractivity contribution in [3.05, 3.63) is 12.2 Å². The van der Waals surface area contributed by atoms with Gasteiger partial charge in [0.2, 0.25) is 9.04 Å². The van der Waals surface area contributed by atoms with Gasteiger partial charge in [0.25, 0.3) is 0 Å². The van der Waals surface area contributed by atoms with E-state index in [1.165, 1.54) is 0 Å². The lowest BCUT2D eigenvalue weighted by Gasteiger charge is -2.01. The Balaban J connectivity index is 3.78. The van der Waals surface area contributed by atoms with E-state index in [1.807, 2.05) is 13.1 Å². The maximum atomic E-state index is 10.6. The molecule has 62 valence electrons. The van der Waals surface area contributed by atoms with Gasteiger partial charge in [0, 0.05) is 12.2 Å². The smallest absolute Gasteiger partial charge is 0.328 e. The van der Waals surface area contributed by atoms with Crippen LogP contribution in [0, 0.1) is 0 Å². The second-order valence-electron chi connectivity index (χ2n) is 2.16. The number of carbonyl (C=O) groups excluding carboxylic acids is 1. The first-order valence-corrected chi connectivity index (χ1v) is 5.92. The Hall–Kier alpha value is -1.10. The van der Waals surface area contributed by atoms with Crippen LogP contribution >= 0.6 is 0 Å². The molecule has 0 spiro atoms. The Labute approximate surface area is 66.2 Å². The molecule has 0 aromatic heterocycles. The molecule has 0 radical (unpaired) electrons. The Morgan fingerprint density at radius 3 is 2.27 bits per heavy atom. The molecule has 0 aromatic rings. The summed E-state index contributed by atoms with van der Waals surface area (Å²) in [6, 6.07) is 0. The summed E-state index contributed by atoms with van der Waals surface area (Å²) in [5.41, 5.74) is 0. The summed E-state index contributed by atoms with van der Waals surface area (Å²) in [6.45, 7) is 3.65. The molecular weight excluding hydrogens is 164 g/mol. The molecule has 0 unspecified atom stereocenters. The number of hydrogen-bond donors (Lipinski definition) is 1. The van der Waals surface area contributed by atoms with Crippen LogP contribution in [0.3, 0.4) is 0 Å². The first-order valence-electron chi connectivity index (χ1n) is 3.14. The molecule has 0 amide bonds. The van der Waals surface area contributed by atoms with E-state index in [9.17, 15) is 9.59 Å².